The van der Waals surface area contributed by atoms with Crippen molar-refractivity contribution in [1.29, 1.82) is 0 Å². The van der Waals surface area contributed by atoms with Gasteiger partial charge >= 0.3 is 0 Å². The molecule has 0 saturated heterocycles. The molecule has 0 aromatic heterocycles. The number of hydrogen-bond acceptors (Lipinski definition) is 1. The van der Waals surface area contributed by atoms with E-state index in [4.69, 9.17) is 11.6 Å². The molecule has 0 saturated carbocycles. The molecule has 0 bridgehead atoms. The van der Waals surface area contributed by atoms with Crippen LogP contribution in [0.25, 0.3) is 0 Å². The van der Waals surface area contributed by atoms with Crippen LogP contribution in [-0.2, 0) is 6.54 Å². The van der Waals surface area contributed by atoms with Crippen molar-refractivity contribution in [2.45, 2.75) is 45.7 Å². The van der Waals surface area contributed by atoms with Crippen molar-refractivity contribution in [3.05, 3.63) is 35.9 Å². The zero-order chi connectivity index (χ0) is 12.5. The summed E-state index contributed by atoms with van der Waals surface area (Å²) in [6.45, 7) is 6.76. The van der Waals surface area contributed by atoms with Gasteiger partial charge in [-0.1, -0.05) is 36.8 Å². The Morgan fingerprint density at radius 2 is 1.76 bits per heavy atom. The fraction of sp³-hybridized carbons (Fsp3) is 0.600. The fourth-order valence-corrected chi connectivity index (χ4v) is 2.11. The third-order valence-corrected chi connectivity index (χ3v) is 3.31. The van der Waals surface area contributed by atoms with Crippen molar-refractivity contribution < 1.29 is 0 Å². The number of alkyl halides is 1. The van der Waals surface area contributed by atoms with Gasteiger partial charge in [-0.15, -0.1) is 11.6 Å². The average molecular weight is 254 g/mol. The highest BCUT2D eigenvalue weighted by molar-refractivity contribution is 6.17. The predicted molar refractivity (Wildman–Crippen MR) is 76.6 cm³/mol. The molecule has 1 aromatic carbocycles. The summed E-state index contributed by atoms with van der Waals surface area (Å²) in [6, 6.07) is 11.3. The third kappa shape index (κ3) is 6.09. The molecule has 0 aliphatic carbocycles. The molecule has 0 aliphatic rings. The maximum atomic E-state index is 5.70. The molecule has 17 heavy (non-hydrogen) atoms. The molecule has 0 radical (unpaired) electrons. The Labute approximate surface area is 111 Å². The molecule has 0 aliphatic heterocycles. The smallest absolute Gasteiger partial charge is 0.0236 e. The first kappa shape index (κ1) is 14.5. The van der Waals surface area contributed by atoms with Crippen LogP contribution in [0.4, 0.5) is 0 Å². The van der Waals surface area contributed by atoms with Crippen molar-refractivity contribution >= 4 is 11.6 Å². The lowest BCUT2D eigenvalue weighted by Gasteiger charge is -2.26. The minimum atomic E-state index is 0.603. The molecular weight excluding hydrogens is 230 g/mol. The first-order chi connectivity index (χ1) is 8.24. The highest BCUT2D eigenvalue weighted by Gasteiger charge is 2.09. The first-order valence-corrected chi connectivity index (χ1v) is 7.11. The number of rotatable bonds is 8. The number of nitrogens with zero attached hydrogens (tertiary/aromatic N) is 1. The molecule has 0 atom stereocenters. The van der Waals surface area contributed by atoms with Gasteiger partial charge < -0.3 is 0 Å². The number of unbranched alkanes of at least 4 members (excludes halogenated alkanes) is 2. The van der Waals surface area contributed by atoms with Crippen molar-refractivity contribution in [2.24, 2.45) is 0 Å². The highest BCUT2D eigenvalue weighted by atomic mass is 35.5. The molecule has 0 fully saturated rings. The Bertz CT molecular complexity index is 284. The number of benzene rings is 1. The van der Waals surface area contributed by atoms with Gasteiger partial charge in [0.15, 0.2) is 0 Å². The summed E-state index contributed by atoms with van der Waals surface area (Å²) < 4.78 is 0. The van der Waals surface area contributed by atoms with Gasteiger partial charge in [-0.3, -0.25) is 4.90 Å². The standard InChI is InChI=1S/C15H24ClN/c1-14(2)17(12-8-4-7-11-16)13-15-9-5-3-6-10-15/h3,5-6,9-10,14H,4,7-8,11-13H2,1-2H3. The molecule has 0 heterocycles. The van der Waals surface area contributed by atoms with Gasteiger partial charge in [-0.05, 0) is 38.8 Å². The van der Waals surface area contributed by atoms with E-state index in [1.807, 2.05) is 0 Å². The van der Waals surface area contributed by atoms with E-state index >= 15 is 0 Å². The van der Waals surface area contributed by atoms with E-state index in [1.54, 1.807) is 0 Å². The van der Waals surface area contributed by atoms with Crippen molar-refractivity contribution in [1.82, 2.24) is 4.90 Å². The zero-order valence-electron chi connectivity index (χ0n) is 11.0. The van der Waals surface area contributed by atoms with Gasteiger partial charge in [-0.25, -0.2) is 0 Å². The van der Waals surface area contributed by atoms with Crippen LogP contribution in [0.1, 0.15) is 38.7 Å². The molecule has 0 N–H and O–H groups in total. The average Bonchev–Trinajstić information content (AvgIpc) is 2.34. The van der Waals surface area contributed by atoms with E-state index in [9.17, 15) is 0 Å². The van der Waals surface area contributed by atoms with Gasteiger partial charge in [0.25, 0.3) is 0 Å². The summed E-state index contributed by atoms with van der Waals surface area (Å²) in [5, 5.41) is 0. The van der Waals surface area contributed by atoms with Crippen LogP contribution in [0, 0.1) is 0 Å². The molecule has 1 nitrogen and oxygen atoms in total. The molecule has 2 heteroatoms. The van der Waals surface area contributed by atoms with Gasteiger partial charge in [0.1, 0.15) is 0 Å². The van der Waals surface area contributed by atoms with Crippen molar-refractivity contribution in [3.8, 4) is 0 Å². The van der Waals surface area contributed by atoms with Crippen LogP contribution in [0.15, 0.2) is 30.3 Å². The van der Waals surface area contributed by atoms with Crippen LogP contribution in [0.3, 0.4) is 0 Å². The second kappa shape index (κ2) is 8.54. The Morgan fingerprint density at radius 1 is 1.06 bits per heavy atom. The number of halogens is 1. The van der Waals surface area contributed by atoms with Crippen molar-refractivity contribution in [2.75, 3.05) is 12.4 Å². The molecule has 96 valence electrons. The van der Waals surface area contributed by atoms with E-state index in [0.29, 0.717) is 6.04 Å². The molecule has 1 rings (SSSR count). The van der Waals surface area contributed by atoms with Gasteiger partial charge in [0.2, 0.25) is 0 Å². The maximum Gasteiger partial charge on any atom is 0.0236 e. The Morgan fingerprint density at radius 3 is 2.35 bits per heavy atom. The Kier molecular flexibility index (Phi) is 7.30. The monoisotopic (exact) mass is 253 g/mol. The molecule has 0 unspecified atom stereocenters. The van der Waals surface area contributed by atoms with Gasteiger partial charge in [-0.2, -0.15) is 0 Å². The second-order valence-corrected chi connectivity index (χ2v) is 5.18. The summed E-state index contributed by atoms with van der Waals surface area (Å²) >= 11 is 5.70. The van der Waals surface area contributed by atoms with E-state index < -0.39 is 0 Å². The summed E-state index contributed by atoms with van der Waals surface area (Å²) in [6.07, 6.45) is 3.62. The summed E-state index contributed by atoms with van der Waals surface area (Å²) in [5.74, 6) is 0.792. The van der Waals surface area contributed by atoms with E-state index in [1.165, 1.54) is 24.9 Å². The fourth-order valence-electron chi connectivity index (χ4n) is 1.92. The summed E-state index contributed by atoms with van der Waals surface area (Å²) in [5.41, 5.74) is 1.40. The van der Waals surface area contributed by atoms with Gasteiger partial charge in [0.05, 0.1) is 0 Å². The maximum absolute atomic E-state index is 5.70. The normalized spacial score (nSPS) is 11.4. The zero-order valence-corrected chi connectivity index (χ0v) is 11.8. The minimum absolute atomic E-state index is 0.603. The number of hydrogen-bond donors (Lipinski definition) is 0. The lowest BCUT2D eigenvalue weighted by molar-refractivity contribution is 0.208. The summed E-state index contributed by atoms with van der Waals surface area (Å²) in [4.78, 5) is 2.53. The van der Waals surface area contributed by atoms with Gasteiger partial charge in [0, 0.05) is 18.5 Å². The van der Waals surface area contributed by atoms with Crippen LogP contribution in [-0.4, -0.2) is 23.4 Å². The topological polar surface area (TPSA) is 3.24 Å². The first-order valence-electron chi connectivity index (χ1n) is 6.58. The van der Waals surface area contributed by atoms with E-state index in [0.717, 1.165) is 18.8 Å². The minimum Gasteiger partial charge on any atom is -0.297 e. The van der Waals surface area contributed by atoms with Crippen LogP contribution in [0.2, 0.25) is 0 Å². The van der Waals surface area contributed by atoms with E-state index in [2.05, 4.69) is 49.1 Å². The quantitative estimate of drug-likeness (QED) is 0.493. The van der Waals surface area contributed by atoms with E-state index in [-0.39, 0.29) is 0 Å². The lowest BCUT2D eigenvalue weighted by atomic mass is 10.1. The van der Waals surface area contributed by atoms with Crippen molar-refractivity contribution in [3.63, 3.8) is 0 Å². The van der Waals surface area contributed by atoms with Crippen LogP contribution >= 0.6 is 11.6 Å². The molecule has 1 aromatic rings. The Hall–Kier alpha value is -0.530. The third-order valence-electron chi connectivity index (χ3n) is 3.04. The second-order valence-electron chi connectivity index (χ2n) is 4.80. The largest absolute Gasteiger partial charge is 0.297 e. The molecule has 0 spiro atoms. The van der Waals surface area contributed by atoms with Crippen LogP contribution < -0.4 is 0 Å². The Balaban J connectivity index is 2.38. The summed E-state index contributed by atoms with van der Waals surface area (Å²) in [7, 11) is 0. The predicted octanol–water partition coefficient (Wildman–Crippen LogP) is 4.31. The molecule has 0 amide bonds. The molecular formula is C15H24ClN. The lowest BCUT2D eigenvalue weighted by Crippen LogP contribution is -2.31. The highest BCUT2D eigenvalue weighted by Crippen LogP contribution is 2.10. The SMILES string of the molecule is CC(C)N(CCCCCCl)Cc1ccccc1. The van der Waals surface area contributed by atoms with Crippen LogP contribution in [0.5, 0.6) is 0 Å².